The Balaban J connectivity index is 2.71. The molecule has 0 aliphatic rings. The first-order chi connectivity index (χ1) is 15.1. The second-order valence-electron chi connectivity index (χ2n) is 6.91. The van der Waals surface area contributed by atoms with E-state index in [1.807, 2.05) is 6.26 Å². The van der Waals surface area contributed by atoms with E-state index in [4.69, 9.17) is 10.8 Å². The molecule has 1 aromatic rings. The highest BCUT2D eigenvalue weighted by molar-refractivity contribution is 7.98. The molecule has 0 aliphatic carbocycles. The molecule has 0 saturated carbocycles. The molecule has 12 heteroatoms. The first-order valence-electron chi connectivity index (χ1n) is 9.74. The number of thioether (sulfide) groups is 1. The Kier molecular flexibility index (Phi) is 11.8. The molecule has 0 heterocycles. The summed E-state index contributed by atoms with van der Waals surface area (Å²) in [5.41, 5.74) is 6.15. The monoisotopic (exact) mass is 468 g/mol. The van der Waals surface area contributed by atoms with Crippen LogP contribution in [0.15, 0.2) is 30.3 Å². The number of hydrogen-bond acceptors (Lipinski definition) is 7. The number of nitrogens with one attached hydrogen (secondary N) is 3. The van der Waals surface area contributed by atoms with Gasteiger partial charge in [-0.1, -0.05) is 30.3 Å². The Morgan fingerprint density at radius 1 is 1.00 bits per heavy atom. The quantitative estimate of drug-likeness (QED) is 0.198. The zero-order chi connectivity index (χ0) is 24.1. The van der Waals surface area contributed by atoms with Gasteiger partial charge in [-0.25, -0.2) is 4.79 Å². The summed E-state index contributed by atoms with van der Waals surface area (Å²) in [5, 5.41) is 25.2. The summed E-state index contributed by atoms with van der Waals surface area (Å²) in [5.74, 6) is -4.13. The van der Waals surface area contributed by atoms with Crippen LogP contribution in [0.1, 0.15) is 18.4 Å². The average molecular weight is 469 g/mol. The molecular formula is C20H28N4O7S. The van der Waals surface area contributed by atoms with Gasteiger partial charge in [0.2, 0.25) is 17.7 Å². The number of carboxylic acid groups (broad SMARTS) is 2. The molecule has 0 aliphatic heterocycles. The molecule has 0 spiro atoms. The number of carbonyl (C=O) groups excluding carboxylic acids is 3. The molecule has 3 unspecified atom stereocenters. The Hall–Kier alpha value is -3.12. The van der Waals surface area contributed by atoms with Crippen LogP contribution in [-0.2, 0) is 30.4 Å². The number of amides is 3. The highest BCUT2D eigenvalue weighted by Crippen LogP contribution is 2.06. The van der Waals surface area contributed by atoms with Crippen LogP contribution in [-0.4, -0.2) is 76.6 Å². The van der Waals surface area contributed by atoms with Crippen molar-refractivity contribution in [2.24, 2.45) is 5.73 Å². The zero-order valence-electron chi connectivity index (χ0n) is 17.6. The predicted molar refractivity (Wildman–Crippen MR) is 118 cm³/mol. The summed E-state index contributed by atoms with van der Waals surface area (Å²) < 4.78 is 0. The summed E-state index contributed by atoms with van der Waals surface area (Å²) in [6.45, 7) is -0.512. The predicted octanol–water partition coefficient (Wildman–Crippen LogP) is -1.05. The molecule has 0 aromatic heterocycles. The van der Waals surface area contributed by atoms with Gasteiger partial charge in [0.1, 0.15) is 12.1 Å². The standard InChI is InChI=1S/C20H28N4O7S/c1-32-8-7-14(23-16(25)11-22-18(28)13(21)10-17(26)27)19(29)24-15(20(30)31)9-12-5-3-2-4-6-12/h2-6,13-15H,7-11,21H2,1H3,(H,22,28)(H,23,25)(H,24,29)(H,26,27)(H,30,31). The number of rotatable bonds is 14. The van der Waals surface area contributed by atoms with Gasteiger partial charge in [-0.15, -0.1) is 0 Å². The van der Waals surface area contributed by atoms with E-state index in [1.165, 1.54) is 11.8 Å². The third-order valence-electron chi connectivity index (χ3n) is 4.31. The minimum absolute atomic E-state index is 0.0721. The Labute approximate surface area is 189 Å². The van der Waals surface area contributed by atoms with Crippen LogP contribution >= 0.6 is 11.8 Å². The normalized spacial score (nSPS) is 13.3. The lowest BCUT2D eigenvalue weighted by molar-refractivity contribution is -0.142. The zero-order valence-corrected chi connectivity index (χ0v) is 18.4. The molecular weight excluding hydrogens is 440 g/mol. The van der Waals surface area contributed by atoms with E-state index in [0.29, 0.717) is 5.75 Å². The van der Waals surface area contributed by atoms with Crippen LogP contribution < -0.4 is 21.7 Å². The molecule has 0 radical (unpaired) electrons. The van der Waals surface area contributed by atoms with E-state index in [1.54, 1.807) is 30.3 Å². The molecule has 176 valence electrons. The van der Waals surface area contributed by atoms with Crippen LogP contribution in [0.5, 0.6) is 0 Å². The highest BCUT2D eigenvalue weighted by atomic mass is 32.2. The largest absolute Gasteiger partial charge is 0.481 e. The van der Waals surface area contributed by atoms with Gasteiger partial charge in [0.05, 0.1) is 19.0 Å². The first kappa shape index (κ1) is 26.9. The fourth-order valence-electron chi connectivity index (χ4n) is 2.65. The number of carboxylic acids is 2. The summed E-state index contributed by atoms with van der Waals surface area (Å²) in [4.78, 5) is 58.8. The number of benzene rings is 1. The topological polar surface area (TPSA) is 188 Å². The Morgan fingerprint density at radius 3 is 2.22 bits per heavy atom. The van der Waals surface area contributed by atoms with Gasteiger partial charge >= 0.3 is 11.9 Å². The molecule has 1 aromatic carbocycles. The molecule has 32 heavy (non-hydrogen) atoms. The summed E-state index contributed by atoms with van der Waals surface area (Å²) in [7, 11) is 0. The van der Waals surface area contributed by atoms with E-state index >= 15 is 0 Å². The average Bonchev–Trinajstić information content (AvgIpc) is 2.74. The lowest BCUT2D eigenvalue weighted by Crippen LogP contribution is -2.54. The molecule has 0 bridgehead atoms. The van der Waals surface area contributed by atoms with Crippen LogP contribution in [0.4, 0.5) is 0 Å². The molecule has 1 rings (SSSR count). The summed E-state index contributed by atoms with van der Waals surface area (Å²) in [6, 6.07) is 5.27. The van der Waals surface area contributed by atoms with Crippen molar-refractivity contribution in [1.29, 1.82) is 0 Å². The third kappa shape index (κ3) is 10.3. The van der Waals surface area contributed by atoms with E-state index in [-0.39, 0.29) is 12.8 Å². The maximum atomic E-state index is 12.7. The van der Waals surface area contributed by atoms with Gasteiger partial charge < -0.3 is 31.9 Å². The highest BCUT2D eigenvalue weighted by Gasteiger charge is 2.27. The van der Waals surface area contributed by atoms with Crippen LogP contribution in [0.25, 0.3) is 0 Å². The summed E-state index contributed by atoms with van der Waals surface area (Å²) in [6.07, 6.45) is 1.53. The van der Waals surface area contributed by atoms with Crippen molar-refractivity contribution in [3.63, 3.8) is 0 Å². The molecule has 3 amide bonds. The van der Waals surface area contributed by atoms with Crippen molar-refractivity contribution in [2.45, 2.75) is 37.4 Å². The Morgan fingerprint density at radius 2 is 1.66 bits per heavy atom. The smallest absolute Gasteiger partial charge is 0.326 e. The van der Waals surface area contributed by atoms with Gasteiger partial charge in [0.15, 0.2) is 0 Å². The van der Waals surface area contributed by atoms with Gasteiger partial charge in [0.25, 0.3) is 0 Å². The van der Waals surface area contributed by atoms with Crippen molar-refractivity contribution in [3.8, 4) is 0 Å². The molecule has 11 nitrogen and oxygen atoms in total. The van der Waals surface area contributed by atoms with Crippen molar-refractivity contribution >= 4 is 41.4 Å². The second-order valence-corrected chi connectivity index (χ2v) is 7.90. The van der Waals surface area contributed by atoms with Crippen molar-refractivity contribution in [1.82, 2.24) is 16.0 Å². The fourth-order valence-corrected chi connectivity index (χ4v) is 3.12. The van der Waals surface area contributed by atoms with Crippen LogP contribution in [0, 0.1) is 0 Å². The third-order valence-corrected chi connectivity index (χ3v) is 4.96. The number of hydrogen-bond donors (Lipinski definition) is 6. The minimum atomic E-state index is -1.31. The van der Waals surface area contributed by atoms with Gasteiger partial charge in [-0.3, -0.25) is 19.2 Å². The van der Waals surface area contributed by atoms with E-state index in [2.05, 4.69) is 16.0 Å². The summed E-state index contributed by atoms with van der Waals surface area (Å²) >= 11 is 1.44. The molecule has 3 atom stereocenters. The molecule has 7 N–H and O–H groups in total. The molecule has 0 fully saturated rings. The van der Waals surface area contributed by atoms with Crippen LogP contribution in [0.2, 0.25) is 0 Å². The number of nitrogens with two attached hydrogens (primary N) is 1. The maximum absolute atomic E-state index is 12.7. The lowest BCUT2D eigenvalue weighted by Gasteiger charge is -2.21. The minimum Gasteiger partial charge on any atom is -0.481 e. The maximum Gasteiger partial charge on any atom is 0.326 e. The SMILES string of the molecule is CSCCC(NC(=O)CNC(=O)C(N)CC(=O)O)C(=O)NC(Cc1ccccc1)C(=O)O. The van der Waals surface area contributed by atoms with E-state index in [9.17, 15) is 29.1 Å². The van der Waals surface area contributed by atoms with Crippen LogP contribution in [0.3, 0.4) is 0 Å². The van der Waals surface area contributed by atoms with Crippen molar-refractivity contribution in [2.75, 3.05) is 18.6 Å². The van der Waals surface area contributed by atoms with E-state index < -0.39 is 60.8 Å². The van der Waals surface area contributed by atoms with Gasteiger partial charge in [0, 0.05) is 6.42 Å². The fraction of sp³-hybridized carbons (Fsp3) is 0.450. The second kappa shape index (κ2) is 14.0. The van der Waals surface area contributed by atoms with Gasteiger partial charge in [-0.2, -0.15) is 11.8 Å². The number of carbonyl (C=O) groups is 5. The molecule has 0 saturated heterocycles. The lowest BCUT2D eigenvalue weighted by atomic mass is 10.1. The number of aliphatic carboxylic acids is 2. The van der Waals surface area contributed by atoms with E-state index in [0.717, 1.165) is 5.56 Å². The van der Waals surface area contributed by atoms with Gasteiger partial charge in [-0.05, 0) is 24.0 Å². The van der Waals surface area contributed by atoms with Crippen molar-refractivity contribution in [3.05, 3.63) is 35.9 Å². The Bertz CT molecular complexity index is 806. The van der Waals surface area contributed by atoms with Crippen molar-refractivity contribution < 1.29 is 34.2 Å². The first-order valence-corrected chi connectivity index (χ1v) is 11.1.